The number of pyridine rings is 1. The van der Waals surface area contributed by atoms with Crippen molar-refractivity contribution < 1.29 is 27.1 Å². The van der Waals surface area contributed by atoms with Crippen LogP contribution in [0, 0.1) is 0 Å². The van der Waals surface area contributed by atoms with Gasteiger partial charge >= 0.3 is 6.18 Å². The molecule has 2 aromatic carbocycles. The van der Waals surface area contributed by atoms with Crippen LogP contribution < -0.4 is 4.74 Å². The maximum Gasteiger partial charge on any atom is 0.432 e. The molecule has 5 rings (SSSR count). The van der Waals surface area contributed by atoms with E-state index in [0.717, 1.165) is 4.57 Å². The Labute approximate surface area is 224 Å². The van der Waals surface area contributed by atoms with Crippen molar-refractivity contribution >= 4 is 39.9 Å². The molecule has 0 saturated carbocycles. The van der Waals surface area contributed by atoms with Crippen LogP contribution in [0.15, 0.2) is 71.5 Å². The van der Waals surface area contributed by atoms with Gasteiger partial charge in [-0.1, -0.05) is 29.3 Å². The van der Waals surface area contributed by atoms with Crippen LogP contribution in [-0.4, -0.2) is 26.9 Å². The number of rotatable bonds is 7. The highest BCUT2D eigenvalue weighted by atomic mass is 35.5. The first-order valence-electron chi connectivity index (χ1n) is 11.4. The van der Waals surface area contributed by atoms with Crippen molar-refractivity contribution in [2.24, 2.45) is 0 Å². The highest BCUT2D eigenvalue weighted by Crippen LogP contribution is 2.41. The first-order chi connectivity index (χ1) is 18.2. The van der Waals surface area contributed by atoms with Crippen LogP contribution >= 0.6 is 23.2 Å². The third-order valence-electron chi connectivity index (χ3n) is 5.85. The molecule has 6 nitrogen and oxygen atoms in total. The summed E-state index contributed by atoms with van der Waals surface area (Å²) in [5.74, 6) is -0.963. The van der Waals surface area contributed by atoms with Gasteiger partial charge in [0.1, 0.15) is 11.4 Å². The summed E-state index contributed by atoms with van der Waals surface area (Å²) in [4.78, 5) is 21.6. The molecule has 0 atom stereocenters. The normalized spacial score (nSPS) is 11.7. The molecule has 38 heavy (non-hydrogen) atoms. The zero-order valence-electron chi connectivity index (χ0n) is 19.7. The summed E-state index contributed by atoms with van der Waals surface area (Å²) in [5, 5.41) is 0.585. The SMILES string of the molecule is CCOc1ccc2c(c1)c(C(=O)c1ncc(-c3ccncc3)o1)c(C(F)(F)F)n2Cc1ccc(Cl)cc1Cl. The second kappa shape index (κ2) is 10.2. The topological polar surface area (TPSA) is 70.2 Å². The molecule has 3 heterocycles. The molecular weight excluding hydrogens is 542 g/mol. The predicted octanol–water partition coefficient (Wildman–Crippen LogP) is 7.69. The van der Waals surface area contributed by atoms with E-state index >= 15 is 0 Å². The summed E-state index contributed by atoms with van der Waals surface area (Å²) in [6.07, 6.45) is -0.582. The van der Waals surface area contributed by atoms with E-state index in [1.165, 1.54) is 42.9 Å². The second-order valence-corrected chi connectivity index (χ2v) is 9.09. The van der Waals surface area contributed by atoms with Gasteiger partial charge in [0.05, 0.1) is 18.4 Å². The lowest BCUT2D eigenvalue weighted by atomic mass is 10.1. The number of hydrogen-bond acceptors (Lipinski definition) is 5. The minimum Gasteiger partial charge on any atom is -0.494 e. The lowest BCUT2D eigenvalue weighted by Gasteiger charge is -2.15. The molecule has 0 fully saturated rings. The van der Waals surface area contributed by atoms with Gasteiger partial charge in [-0.05, 0) is 55.0 Å². The molecule has 0 bridgehead atoms. The maximum atomic E-state index is 14.7. The summed E-state index contributed by atoms with van der Waals surface area (Å²) in [6, 6.07) is 12.2. The Morgan fingerprint density at radius 1 is 1.08 bits per heavy atom. The lowest BCUT2D eigenvalue weighted by molar-refractivity contribution is -0.143. The maximum absolute atomic E-state index is 14.7. The van der Waals surface area contributed by atoms with E-state index < -0.39 is 29.1 Å². The van der Waals surface area contributed by atoms with E-state index in [-0.39, 0.29) is 34.8 Å². The van der Waals surface area contributed by atoms with Crippen molar-refractivity contribution in [1.82, 2.24) is 14.5 Å². The molecule has 0 saturated heterocycles. The highest BCUT2D eigenvalue weighted by molar-refractivity contribution is 6.35. The molecular formula is C27H18Cl2F3N3O3. The van der Waals surface area contributed by atoms with Crippen LogP contribution in [0.25, 0.3) is 22.2 Å². The van der Waals surface area contributed by atoms with E-state index in [1.807, 2.05) is 0 Å². The van der Waals surface area contributed by atoms with Gasteiger partial charge in [0.25, 0.3) is 11.7 Å². The van der Waals surface area contributed by atoms with Gasteiger partial charge in [0, 0.05) is 45.5 Å². The Balaban J connectivity index is 1.73. The predicted molar refractivity (Wildman–Crippen MR) is 137 cm³/mol. The summed E-state index contributed by atoms with van der Waals surface area (Å²) in [5.41, 5.74) is -0.623. The van der Waals surface area contributed by atoms with Gasteiger partial charge < -0.3 is 13.7 Å². The fourth-order valence-corrected chi connectivity index (χ4v) is 4.70. The Morgan fingerprint density at radius 3 is 2.53 bits per heavy atom. The number of carbonyl (C=O) groups excluding carboxylic acids is 1. The number of benzene rings is 2. The first-order valence-corrected chi connectivity index (χ1v) is 12.1. The molecule has 5 aromatic rings. The third-order valence-corrected chi connectivity index (χ3v) is 6.44. The molecule has 0 amide bonds. The molecule has 0 unspecified atom stereocenters. The number of fused-ring (bicyclic) bond motifs is 1. The molecule has 0 spiro atoms. The van der Waals surface area contributed by atoms with Crippen molar-refractivity contribution in [3.8, 4) is 17.1 Å². The average Bonchev–Trinajstić information content (AvgIpc) is 3.49. The van der Waals surface area contributed by atoms with Gasteiger partial charge in [-0.15, -0.1) is 0 Å². The van der Waals surface area contributed by atoms with Crippen molar-refractivity contribution in [3.05, 3.63) is 99.9 Å². The van der Waals surface area contributed by atoms with Crippen molar-refractivity contribution in [2.75, 3.05) is 6.61 Å². The smallest absolute Gasteiger partial charge is 0.432 e. The molecule has 11 heteroatoms. The third kappa shape index (κ3) is 4.87. The average molecular weight is 560 g/mol. The number of nitrogens with zero attached hydrogens (tertiary/aromatic N) is 3. The van der Waals surface area contributed by atoms with Crippen LogP contribution in [0.4, 0.5) is 13.2 Å². The molecule has 0 aliphatic heterocycles. The fraction of sp³-hybridized carbons (Fsp3) is 0.148. The van der Waals surface area contributed by atoms with Gasteiger partial charge in [0.2, 0.25) is 0 Å². The van der Waals surface area contributed by atoms with Crippen molar-refractivity contribution in [1.29, 1.82) is 0 Å². The summed E-state index contributed by atoms with van der Waals surface area (Å²) in [6.45, 7) is 1.77. The first kappa shape index (κ1) is 25.8. The molecule has 0 radical (unpaired) electrons. The van der Waals surface area contributed by atoms with Gasteiger partial charge in [0.15, 0.2) is 5.76 Å². The number of carbonyl (C=O) groups is 1. The van der Waals surface area contributed by atoms with E-state index in [0.29, 0.717) is 21.9 Å². The van der Waals surface area contributed by atoms with Crippen LogP contribution in [-0.2, 0) is 12.7 Å². The zero-order chi connectivity index (χ0) is 27.0. The van der Waals surface area contributed by atoms with Crippen molar-refractivity contribution in [3.63, 3.8) is 0 Å². The standard InChI is InChI=1S/C27H18Cl2F3N3O3/c1-2-37-18-5-6-21-19(12-18)23(24(36)26-34-13-22(38-26)15-7-9-33-10-8-15)25(27(30,31)32)35(21)14-16-3-4-17(28)11-20(16)29/h3-13H,2,14H2,1H3. The number of alkyl halides is 3. The number of hydrogen-bond donors (Lipinski definition) is 0. The zero-order valence-corrected chi connectivity index (χ0v) is 21.2. The second-order valence-electron chi connectivity index (χ2n) is 8.25. The molecule has 0 aliphatic rings. The Bertz CT molecular complexity index is 1650. The van der Waals surface area contributed by atoms with E-state index in [4.69, 9.17) is 32.4 Å². The Hall–Kier alpha value is -3.82. The number of ketones is 1. The van der Waals surface area contributed by atoms with Crippen molar-refractivity contribution in [2.45, 2.75) is 19.6 Å². The van der Waals surface area contributed by atoms with E-state index in [2.05, 4.69) is 9.97 Å². The monoisotopic (exact) mass is 559 g/mol. The number of oxazole rings is 1. The summed E-state index contributed by atoms with van der Waals surface area (Å²) in [7, 11) is 0. The minimum atomic E-state index is -4.91. The van der Waals surface area contributed by atoms with E-state index in [1.54, 1.807) is 31.2 Å². The van der Waals surface area contributed by atoms with Gasteiger partial charge in [-0.2, -0.15) is 13.2 Å². The molecule has 194 valence electrons. The van der Waals surface area contributed by atoms with Crippen LogP contribution in [0.3, 0.4) is 0 Å². The summed E-state index contributed by atoms with van der Waals surface area (Å²) >= 11 is 12.3. The Kier molecular flexibility index (Phi) is 6.90. The molecule has 3 aromatic heterocycles. The number of ether oxygens (including phenoxy) is 1. The lowest BCUT2D eigenvalue weighted by Crippen LogP contribution is -2.19. The van der Waals surface area contributed by atoms with E-state index in [9.17, 15) is 18.0 Å². The quantitative estimate of drug-likeness (QED) is 0.191. The number of aromatic nitrogens is 3. The highest BCUT2D eigenvalue weighted by Gasteiger charge is 2.42. The van der Waals surface area contributed by atoms with Crippen LogP contribution in [0.5, 0.6) is 5.75 Å². The fourth-order valence-electron chi connectivity index (χ4n) is 4.23. The van der Waals surface area contributed by atoms with Gasteiger partial charge in [-0.3, -0.25) is 9.78 Å². The Morgan fingerprint density at radius 2 is 1.84 bits per heavy atom. The number of halogens is 5. The minimum absolute atomic E-state index is 0.0435. The van der Waals surface area contributed by atoms with Crippen LogP contribution in [0.2, 0.25) is 10.0 Å². The van der Waals surface area contributed by atoms with Gasteiger partial charge in [-0.25, -0.2) is 4.98 Å². The van der Waals surface area contributed by atoms with Crippen LogP contribution in [0.1, 0.15) is 34.4 Å². The molecule has 0 aliphatic carbocycles. The molecule has 0 N–H and O–H groups in total. The summed E-state index contributed by atoms with van der Waals surface area (Å²) < 4.78 is 56.2. The largest absolute Gasteiger partial charge is 0.494 e.